The fourth-order valence-corrected chi connectivity index (χ4v) is 2.80. The van der Waals surface area contributed by atoms with E-state index in [9.17, 15) is 4.79 Å². The van der Waals surface area contributed by atoms with E-state index >= 15 is 0 Å². The maximum atomic E-state index is 12.9. The quantitative estimate of drug-likeness (QED) is 0.593. The second-order valence-electron chi connectivity index (χ2n) is 6.74. The molecule has 142 valence electrons. The van der Waals surface area contributed by atoms with E-state index in [1.807, 2.05) is 24.3 Å². The molecule has 0 atom stereocenters. The van der Waals surface area contributed by atoms with Crippen LogP contribution in [0.25, 0.3) is 22.1 Å². The van der Waals surface area contributed by atoms with Crippen molar-refractivity contribution >= 4 is 11.0 Å². The van der Waals surface area contributed by atoms with Gasteiger partial charge in [0, 0.05) is 6.07 Å². The van der Waals surface area contributed by atoms with E-state index in [0.29, 0.717) is 40.6 Å². The molecule has 0 bridgehead atoms. The van der Waals surface area contributed by atoms with E-state index in [1.54, 1.807) is 19.2 Å². The molecule has 3 aromatic rings. The molecule has 0 saturated carbocycles. The molecule has 0 N–H and O–H groups in total. The zero-order chi connectivity index (χ0) is 19.4. The summed E-state index contributed by atoms with van der Waals surface area (Å²) in [6.07, 6.45) is 2.48. The largest absolute Gasteiger partial charge is 0.494 e. The molecule has 5 heteroatoms. The number of benzene rings is 2. The minimum absolute atomic E-state index is 0.120. The Morgan fingerprint density at radius 2 is 1.67 bits per heavy atom. The fourth-order valence-electron chi connectivity index (χ4n) is 2.80. The van der Waals surface area contributed by atoms with Crippen molar-refractivity contribution in [2.75, 3.05) is 20.8 Å². The van der Waals surface area contributed by atoms with Gasteiger partial charge in [0.25, 0.3) is 0 Å². The average Bonchev–Trinajstić information content (AvgIpc) is 2.68. The summed E-state index contributed by atoms with van der Waals surface area (Å²) in [6, 6.07) is 10.8. The van der Waals surface area contributed by atoms with Crippen LogP contribution in [0, 0.1) is 5.92 Å². The van der Waals surface area contributed by atoms with Crippen LogP contribution in [-0.4, -0.2) is 20.8 Å². The lowest BCUT2D eigenvalue weighted by Crippen LogP contribution is -2.06. The van der Waals surface area contributed by atoms with Crippen LogP contribution < -0.4 is 19.6 Å². The summed E-state index contributed by atoms with van der Waals surface area (Å²) < 4.78 is 22.0. The standard InChI is InChI=1S/C22H24O5/c1-14(2)9-10-26-16-7-5-15(6-8-16)18-13-27-19-12-21(25-4)20(24-3)11-17(19)22(18)23/h5-8,11-14H,9-10H2,1-4H3. The minimum Gasteiger partial charge on any atom is -0.494 e. The molecule has 2 aromatic carbocycles. The van der Waals surface area contributed by atoms with Gasteiger partial charge in [0.05, 0.1) is 31.8 Å². The molecule has 0 aliphatic carbocycles. The summed E-state index contributed by atoms with van der Waals surface area (Å²) in [4.78, 5) is 12.9. The number of hydrogen-bond donors (Lipinski definition) is 0. The van der Waals surface area contributed by atoms with Gasteiger partial charge in [-0.15, -0.1) is 0 Å². The van der Waals surface area contributed by atoms with Gasteiger partial charge in [-0.2, -0.15) is 0 Å². The van der Waals surface area contributed by atoms with Crippen LogP contribution in [0.5, 0.6) is 17.2 Å². The molecule has 0 amide bonds. The molecule has 0 unspecified atom stereocenters. The lowest BCUT2D eigenvalue weighted by atomic mass is 10.1. The van der Waals surface area contributed by atoms with Crippen molar-refractivity contribution in [2.24, 2.45) is 5.92 Å². The Balaban J connectivity index is 1.92. The molecule has 0 spiro atoms. The van der Waals surface area contributed by atoms with Gasteiger partial charge in [-0.25, -0.2) is 0 Å². The molecule has 1 heterocycles. The number of ether oxygens (including phenoxy) is 3. The highest BCUT2D eigenvalue weighted by Crippen LogP contribution is 2.32. The third-order valence-electron chi connectivity index (χ3n) is 4.41. The summed E-state index contributed by atoms with van der Waals surface area (Å²) in [6.45, 7) is 5.00. The Hall–Kier alpha value is -2.95. The molecule has 3 rings (SSSR count). The highest BCUT2D eigenvalue weighted by atomic mass is 16.5. The first-order valence-electron chi connectivity index (χ1n) is 8.94. The first-order valence-corrected chi connectivity index (χ1v) is 8.94. The second kappa shape index (κ2) is 8.16. The van der Waals surface area contributed by atoms with E-state index in [4.69, 9.17) is 18.6 Å². The molecule has 5 nitrogen and oxygen atoms in total. The van der Waals surface area contributed by atoms with Crippen molar-refractivity contribution in [1.82, 2.24) is 0 Å². The van der Waals surface area contributed by atoms with Crippen molar-refractivity contribution in [3.8, 4) is 28.4 Å². The number of methoxy groups -OCH3 is 2. The van der Waals surface area contributed by atoms with E-state index in [2.05, 4.69) is 13.8 Å². The number of fused-ring (bicyclic) bond motifs is 1. The van der Waals surface area contributed by atoms with Crippen LogP contribution >= 0.6 is 0 Å². The van der Waals surface area contributed by atoms with Gasteiger partial charge in [-0.3, -0.25) is 4.79 Å². The van der Waals surface area contributed by atoms with Crippen LogP contribution in [0.3, 0.4) is 0 Å². The molecule has 0 aliphatic rings. The summed E-state index contributed by atoms with van der Waals surface area (Å²) in [7, 11) is 3.08. The summed E-state index contributed by atoms with van der Waals surface area (Å²) >= 11 is 0. The molecular weight excluding hydrogens is 344 g/mol. The highest BCUT2D eigenvalue weighted by Gasteiger charge is 2.14. The summed E-state index contributed by atoms with van der Waals surface area (Å²) in [5.74, 6) is 2.39. The van der Waals surface area contributed by atoms with Crippen molar-refractivity contribution < 1.29 is 18.6 Å². The predicted octanol–water partition coefficient (Wildman–Crippen LogP) is 4.90. The van der Waals surface area contributed by atoms with Crippen LogP contribution in [-0.2, 0) is 0 Å². The Morgan fingerprint density at radius 3 is 2.30 bits per heavy atom. The molecule has 0 aliphatic heterocycles. The SMILES string of the molecule is COc1cc2occ(-c3ccc(OCCC(C)C)cc3)c(=O)c2cc1OC. The van der Waals surface area contributed by atoms with Gasteiger partial charge >= 0.3 is 0 Å². The van der Waals surface area contributed by atoms with E-state index in [0.717, 1.165) is 17.7 Å². The molecule has 27 heavy (non-hydrogen) atoms. The Bertz CT molecular complexity index is 970. The summed E-state index contributed by atoms with van der Waals surface area (Å²) in [5.41, 5.74) is 1.60. The first-order chi connectivity index (χ1) is 13.0. The van der Waals surface area contributed by atoms with Crippen molar-refractivity contribution in [1.29, 1.82) is 0 Å². The lowest BCUT2D eigenvalue weighted by Gasteiger charge is -2.10. The molecular formula is C22H24O5. The molecule has 0 saturated heterocycles. The Morgan fingerprint density at radius 1 is 1.00 bits per heavy atom. The zero-order valence-corrected chi connectivity index (χ0v) is 16.1. The third kappa shape index (κ3) is 4.08. The highest BCUT2D eigenvalue weighted by molar-refractivity contribution is 5.84. The summed E-state index contributed by atoms with van der Waals surface area (Å²) in [5, 5.41) is 0.447. The maximum Gasteiger partial charge on any atom is 0.200 e. The zero-order valence-electron chi connectivity index (χ0n) is 16.1. The van der Waals surface area contributed by atoms with E-state index in [1.165, 1.54) is 13.4 Å². The first kappa shape index (κ1) is 18.8. The van der Waals surface area contributed by atoms with Gasteiger partial charge in [0.2, 0.25) is 5.43 Å². The average molecular weight is 368 g/mol. The Labute approximate surface area is 158 Å². The van der Waals surface area contributed by atoms with Crippen LogP contribution in [0.4, 0.5) is 0 Å². The normalized spacial score (nSPS) is 11.0. The van der Waals surface area contributed by atoms with Crippen LogP contribution in [0.1, 0.15) is 20.3 Å². The molecule has 0 radical (unpaired) electrons. The van der Waals surface area contributed by atoms with E-state index in [-0.39, 0.29) is 5.43 Å². The third-order valence-corrected chi connectivity index (χ3v) is 4.41. The molecule has 0 fully saturated rings. The van der Waals surface area contributed by atoms with Crippen LogP contribution in [0.2, 0.25) is 0 Å². The predicted molar refractivity (Wildman–Crippen MR) is 106 cm³/mol. The van der Waals surface area contributed by atoms with Gasteiger partial charge in [-0.1, -0.05) is 26.0 Å². The monoisotopic (exact) mass is 368 g/mol. The molecule has 1 aromatic heterocycles. The minimum atomic E-state index is -0.120. The van der Waals surface area contributed by atoms with Crippen molar-refractivity contribution in [3.63, 3.8) is 0 Å². The van der Waals surface area contributed by atoms with Crippen LogP contribution in [0.15, 0.2) is 51.9 Å². The smallest absolute Gasteiger partial charge is 0.200 e. The fraction of sp³-hybridized carbons (Fsp3) is 0.318. The Kier molecular flexibility index (Phi) is 5.69. The number of hydrogen-bond acceptors (Lipinski definition) is 5. The van der Waals surface area contributed by atoms with Gasteiger partial charge in [0.1, 0.15) is 17.6 Å². The topological polar surface area (TPSA) is 57.9 Å². The maximum absolute atomic E-state index is 12.9. The second-order valence-corrected chi connectivity index (χ2v) is 6.74. The van der Waals surface area contributed by atoms with Gasteiger partial charge in [-0.05, 0) is 36.1 Å². The van der Waals surface area contributed by atoms with Gasteiger partial charge < -0.3 is 18.6 Å². The van der Waals surface area contributed by atoms with Crippen molar-refractivity contribution in [2.45, 2.75) is 20.3 Å². The van der Waals surface area contributed by atoms with E-state index < -0.39 is 0 Å². The lowest BCUT2D eigenvalue weighted by molar-refractivity contribution is 0.289. The number of rotatable bonds is 7. The van der Waals surface area contributed by atoms with Gasteiger partial charge in [0.15, 0.2) is 11.5 Å². The van der Waals surface area contributed by atoms with Crippen molar-refractivity contribution in [3.05, 3.63) is 52.9 Å².